The monoisotopic (exact) mass is 414 g/mol. The predicted octanol–water partition coefficient (Wildman–Crippen LogP) is 3.77. The van der Waals surface area contributed by atoms with Gasteiger partial charge in [-0.25, -0.2) is 0 Å². The van der Waals surface area contributed by atoms with Crippen LogP contribution in [0.1, 0.15) is 18.1 Å². The molecular formula is C23H27ClN2O3. The number of rotatable bonds is 8. The maximum Gasteiger partial charge on any atom is 0.244 e. The summed E-state index contributed by atoms with van der Waals surface area (Å²) in [5, 5.41) is 3.47. The summed E-state index contributed by atoms with van der Waals surface area (Å²) in [5.74, 6) is 0.630. The number of nitrogens with one attached hydrogen (secondary N) is 1. The molecule has 1 amide bonds. The lowest BCUT2D eigenvalue weighted by molar-refractivity contribution is -0.116. The van der Waals surface area contributed by atoms with Crippen molar-refractivity contribution in [3.05, 3.63) is 70.8 Å². The molecule has 1 heterocycles. The van der Waals surface area contributed by atoms with Crippen LogP contribution < -0.4 is 10.1 Å². The van der Waals surface area contributed by atoms with Crippen LogP contribution in [0.2, 0.25) is 5.02 Å². The van der Waals surface area contributed by atoms with Crippen LogP contribution in [0.25, 0.3) is 6.08 Å². The lowest BCUT2D eigenvalue weighted by Crippen LogP contribution is -2.35. The Morgan fingerprint density at radius 3 is 2.83 bits per heavy atom. The minimum absolute atomic E-state index is 0.147. The summed E-state index contributed by atoms with van der Waals surface area (Å²) in [6.45, 7) is 6.73. The van der Waals surface area contributed by atoms with Gasteiger partial charge in [0.2, 0.25) is 5.91 Å². The number of benzene rings is 2. The average Bonchev–Trinajstić information content (AvgIpc) is 2.73. The normalized spacial score (nSPS) is 15.9. The molecule has 1 aliphatic heterocycles. The summed E-state index contributed by atoms with van der Waals surface area (Å²) in [5.41, 5.74) is 2.02. The van der Waals surface area contributed by atoms with E-state index < -0.39 is 0 Å². The quantitative estimate of drug-likeness (QED) is 0.668. The van der Waals surface area contributed by atoms with Crippen molar-refractivity contribution in [3.8, 4) is 5.75 Å². The second kappa shape index (κ2) is 11.0. The molecule has 1 aliphatic rings. The molecule has 1 atom stereocenters. The molecule has 1 unspecified atom stereocenters. The highest BCUT2D eigenvalue weighted by Crippen LogP contribution is 2.17. The van der Waals surface area contributed by atoms with Gasteiger partial charge in [0.05, 0.1) is 19.8 Å². The predicted molar refractivity (Wildman–Crippen MR) is 116 cm³/mol. The summed E-state index contributed by atoms with van der Waals surface area (Å²) in [6, 6.07) is 15.5. The standard InChI is InChI=1S/C23H27ClN2O3/c1-18(16-25-23(27)10-9-20-6-2-3-8-22(20)24)29-21-7-4-5-19(15-21)17-26-11-13-28-14-12-26/h2-10,15,18H,11-14,16-17H2,1H3,(H,25,27). The van der Waals surface area contributed by atoms with Gasteiger partial charge in [-0.15, -0.1) is 0 Å². The van der Waals surface area contributed by atoms with E-state index in [1.54, 1.807) is 12.1 Å². The van der Waals surface area contributed by atoms with Gasteiger partial charge in [-0.2, -0.15) is 0 Å². The maximum absolute atomic E-state index is 12.0. The second-order valence-corrected chi connectivity index (χ2v) is 7.47. The molecule has 5 nitrogen and oxygen atoms in total. The first kappa shape index (κ1) is 21.4. The SMILES string of the molecule is CC(CNC(=O)C=Cc1ccccc1Cl)Oc1cccc(CN2CCOCC2)c1. The molecular weight excluding hydrogens is 388 g/mol. The number of morpholine rings is 1. The second-order valence-electron chi connectivity index (χ2n) is 7.06. The fraction of sp³-hybridized carbons (Fsp3) is 0.348. The Labute approximate surface area is 177 Å². The highest BCUT2D eigenvalue weighted by Gasteiger charge is 2.12. The third kappa shape index (κ3) is 7.20. The zero-order valence-corrected chi connectivity index (χ0v) is 17.4. The zero-order chi connectivity index (χ0) is 20.5. The van der Waals surface area contributed by atoms with Crippen LogP contribution >= 0.6 is 11.6 Å². The fourth-order valence-electron chi connectivity index (χ4n) is 3.09. The number of hydrogen-bond acceptors (Lipinski definition) is 4. The largest absolute Gasteiger partial charge is 0.489 e. The lowest BCUT2D eigenvalue weighted by atomic mass is 10.2. The van der Waals surface area contributed by atoms with Gasteiger partial charge in [-0.05, 0) is 42.3 Å². The molecule has 0 saturated carbocycles. The van der Waals surface area contributed by atoms with E-state index in [1.807, 2.05) is 37.3 Å². The fourth-order valence-corrected chi connectivity index (χ4v) is 3.29. The van der Waals surface area contributed by atoms with Crippen LogP contribution in [0.4, 0.5) is 0 Å². The molecule has 0 bridgehead atoms. The molecule has 2 aromatic carbocycles. The highest BCUT2D eigenvalue weighted by molar-refractivity contribution is 6.32. The topological polar surface area (TPSA) is 50.8 Å². The molecule has 1 saturated heterocycles. The number of hydrogen-bond donors (Lipinski definition) is 1. The molecule has 0 aromatic heterocycles. The summed E-state index contributed by atoms with van der Waals surface area (Å²) in [7, 11) is 0. The molecule has 1 fully saturated rings. The molecule has 154 valence electrons. The van der Waals surface area contributed by atoms with Gasteiger partial charge < -0.3 is 14.8 Å². The average molecular weight is 415 g/mol. The van der Waals surface area contributed by atoms with Crippen molar-refractivity contribution in [2.24, 2.45) is 0 Å². The Morgan fingerprint density at radius 1 is 1.24 bits per heavy atom. The molecule has 0 spiro atoms. The van der Waals surface area contributed by atoms with Crippen LogP contribution in [0.15, 0.2) is 54.6 Å². The van der Waals surface area contributed by atoms with E-state index in [0.717, 1.165) is 44.2 Å². The minimum Gasteiger partial charge on any atom is -0.489 e. The van der Waals surface area contributed by atoms with Crippen LogP contribution in [0.5, 0.6) is 5.75 Å². The summed E-state index contributed by atoms with van der Waals surface area (Å²) in [6.07, 6.45) is 3.04. The molecule has 1 N–H and O–H groups in total. The number of nitrogens with zero attached hydrogens (tertiary/aromatic N) is 1. The third-order valence-electron chi connectivity index (χ3n) is 4.63. The van der Waals surface area contributed by atoms with Crippen molar-refractivity contribution in [1.82, 2.24) is 10.2 Å². The smallest absolute Gasteiger partial charge is 0.244 e. The molecule has 0 aliphatic carbocycles. The van der Waals surface area contributed by atoms with Gasteiger partial charge in [-0.3, -0.25) is 9.69 Å². The van der Waals surface area contributed by atoms with Crippen molar-refractivity contribution >= 4 is 23.6 Å². The summed E-state index contributed by atoms with van der Waals surface area (Å²) in [4.78, 5) is 14.4. The van der Waals surface area contributed by atoms with Gasteiger partial charge in [0.15, 0.2) is 0 Å². The zero-order valence-electron chi connectivity index (χ0n) is 16.6. The van der Waals surface area contributed by atoms with Crippen molar-refractivity contribution < 1.29 is 14.3 Å². The number of ether oxygens (including phenoxy) is 2. The van der Waals surface area contributed by atoms with Gasteiger partial charge in [-0.1, -0.05) is 41.9 Å². The first-order chi connectivity index (χ1) is 14.1. The Kier molecular flexibility index (Phi) is 8.11. The van der Waals surface area contributed by atoms with Gasteiger partial charge in [0.1, 0.15) is 11.9 Å². The molecule has 6 heteroatoms. The van der Waals surface area contributed by atoms with E-state index in [9.17, 15) is 4.79 Å². The van der Waals surface area contributed by atoms with Gasteiger partial charge >= 0.3 is 0 Å². The summed E-state index contributed by atoms with van der Waals surface area (Å²) < 4.78 is 11.4. The van der Waals surface area contributed by atoms with Crippen LogP contribution in [0, 0.1) is 0 Å². The Morgan fingerprint density at radius 2 is 2.03 bits per heavy atom. The molecule has 3 rings (SSSR count). The molecule has 29 heavy (non-hydrogen) atoms. The first-order valence-electron chi connectivity index (χ1n) is 9.86. The first-order valence-corrected chi connectivity index (χ1v) is 10.2. The van der Waals surface area contributed by atoms with E-state index in [-0.39, 0.29) is 12.0 Å². The Balaban J connectivity index is 1.45. The lowest BCUT2D eigenvalue weighted by Gasteiger charge is -2.26. The number of halogens is 1. The third-order valence-corrected chi connectivity index (χ3v) is 4.97. The van der Waals surface area contributed by atoms with Crippen LogP contribution in [-0.2, 0) is 16.1 Å². The number of carbonyl (C=O) groups excluding carboxylic acids is 1. The van der Waals surface area contributed by atoms with E-state index in [1.165, 1.54) is 11.6 Å². The maximum atomic E-state index is 12.0. The molecule has 2 aromatic rings. The Bertz CT molecular complexity index is 834. The van der Waals surface area contributed by atoms with Crippen molar-refractivity contribution in [2.45, 2.75) is 19.6 Å². The van der Waals surface area contributed by atoms with Crippen molar-refractivity contribution in [3.63, 3.8) is 0 Å². The highest BCUT2D eigenvalue weighted by atomic mass is 35.5. The van der Waals surface area contributed by atoms with Crippen LogP contribution in [-0.4, -0.2) is 49.8 Å². The Hall–Kier alpha value is -2.34. The van der Waals surface area contributed by atoms with Gasteiger partial charge in [0, 0.05) is 30.7 Å². The molecule has 0 radical (unpaired) electrons. The van der Waals surface area contributed by atoms with E-state index >= 15 is 0 Å². The van der Waals surface area contributed by atoms with Crippen molar-refractivity contribution in [1.29, 1.82) is 0 Å². The van der Waals surface area contributed by atoms with E-state index in [2.05, 4.69) is 22.3 Å². The van der Waals surface area contributed by atoms with E-state index in [0.29, 0.717) is 11.6 Å². The van der Waals surface area contributed by atoms with Crippen molar-refractivity contribution in [2.75, 3.05) is 32.8 Å². The van der Waals surface area contributed by atoms with E-state index in [4.69, 9.17) is 21.1 Å². The number of amides is 1. The van der Waals surface area contributed by atoms with Crippen LogP contribution in [0.3, 0.4) is 0 Å². The minimum atomic E-state index is -0.179. The number of carbonyl (C=O) groups is 1. The summed E-state index contributed by atoms with van der Waals surface area (Å²) >= 11 is 6.09. The van der Waals surface area contributed by atoms with Gasteiger partial charge in [0.25, 0.3) is 0 Å².